The highest BCUT2D eigenvalue weighted by atomic mass is 35.5. The van der Waals surface area contributed by atoms with Crippen molar-refractivity contribution in [2.45, 2.75) is 13.0 Å². The molecule has 4 rings (SSSR count). The molecule has 1 atom stereocenters. The van der Waals surface area contributed by atoms with E-state index in [2.05, 4.69) is 20.6 Å². The van der Waals surface area contributed by atoms with Gasteiger partial charge in [0.25, 0.3) is 5.91 Å². The molecule has 0 fully saturated rings. The highest BCUT2D eigenvalue weighted by Crippen LogP contribution is 2.28. The first-order valence-electron chi connectivity index (χ1n) is 9.12. The van der Waals surface area contributed by atoms with Crippen molar-refractivity contribution in [1.29, 1.82) is 0 Å². The number of nitrogens with zero attached hydrogens (tertiary/aromatic N) is 4. The molecule has 2 aromatic heterocycles. The highest BCUT2D eigenvalue weighted by Gasteiger charge is 2.24. The fourth-order valence-corrected chi connectivity index (χ4v) is 3.29. The van der Waals surface area contributed by atoms with Crippen LogP contribution >= 0.6 is 11.6 Å². The maximum Gasteiger partial charge on any atom is 0.274 e. The molecule has 4 aromatic rings. The molecule has 0 saturated heterocycles. The van der Waals surface area contributed by atoms with Crippen molar-refractivity contribution in [3.05, 3.63) is 95.4 Å². The maximum absolute atomic E-state index is 13.1. The monoisotopic (exact) mass is 403 g/mol. The van der Waals surface area contributed by atoms with Gasteiger partial charge in [0, 0.05) is 18.0 Å². The topological polar surface area (TPSA) is 72.7 Å². The fraction of sp³-hybridized carbons (Fsp3) is 0.0909. The number of benzene rings is 2. The summed E-state index contributed by atoms with van der Waals surface area (Å²) in [6.45, 7) is 1.93. The normalized spacial score (nSPS) is 11.8. The zero-order valence-electron chi connectivity index (χ0n) is 15.7. The Morgan fingerprint density at radius 3 is 2.52 bits per heavy atom. The summed E-state index contributed by atoms with van der Waals surface area (Å²) in [5, 5.41) is 11.9. The van der Waals surface area contributed by atoms with Crippen molar-refractivity contribution >= 4 is 17.5 Å². The van der Waals surface area contributed by atoms with Crippen LogP contribution in [0.15, 0.2) is 79.1 Å². The Kier molecular flexibility index (Phi) is 5.35. The van der Waals surface area contributed by atoms with Gasteiger partial charge < -0.3 is 5.32 Å². The Labute approximate surface area is 173 Å². The summed E-state index contributed by atoms with van der Waals surface area (Å²) in [4.78, 5) is 17.2. The molecule has 2 aromatic carbocycles. The van der Waals surface area contributed by atoms with Crippen LogP contribution in [0.2, 0.25) is 5.02 Å². The summed E-state index contributed by atoms with van der Waals surface area (Å²) >= 11 is 6.37. The lowest BCUT2D eigenvalue weighted by Gasteiger charge is -2.14. The van der Waals surface area contributed by atoms with Gasteiger partial charge in [-0.1, -0.05) is 59.3 Å². The van der Waals surface area contributed by atoms with E-state index < -0.39 is 0 Å². The van der Waals surface area contributed by atoms with Crippen LogP contribution in [0.5, 0.6) is 0 Å². The van der Waals surface area contributed by atoms with Gasteiger partial charge in [-0.05, 0) is 36.8 Å². The molecule has 29 heavy (non-hydrogen) atoms. The van der Waals surface area contributed by atoms with E-state index in [1.54, 1.807) is 29.2 Å². The Morgan fingerprint density at radius 1 is 1.03 bits per heavy atom. The first-order chi connectivity index (χ1) is 14.1. The molecule has 0 spiro atoms. The van der Waals surface area contributed by atoms with E-state index in [1.807, 2.05) is 61.5 Å². The van der Waals surface area contributed by atoms with Gasteiger partial charge in [-0.3, -0.25) is 9.78 Å². The number of hydrogen-bond acceptors (Lipinski definition) is 4. The van der Waals surface area contributed by atoms with E-state index in [1.165, 1.54) is 0 Å². The minimum atomic E-state index is -0.321. The number of carbonyl (C=O) groups excluding carboxylic acids is 1. The molecule has 0 aliphatic heterocycles. The molecule has 6 nitrogen and oxygen atoms in total. The van der Waals surface area contributed by atoms with E-state index >= 15 is 0 Å². The predicted molar refractivity (Wildman–Crippen MR) is 112 cm³/mol. The molecule has 0 radical (unpaired) electrons. The molecule has 2 heterocycles. The number of nitrogens with one attached hydrogen (secondary N) is 1. The summed E-state index contributed by atoms with van der Waals surface area (Å²) in [7, 11) is 0. The molecule has 0 aliphatic carbocycles. The third kappa shape index (κ3) is 3.88. The van der Waals surface area contributed by atoms with Crippen molar-refractivity contribution in [3.8, 4) is 16.9 Å². The van der Waals surface area contributed by atoms with Crippen LogP contribution in [-0.4, -0.2) is 25.9 Å². The van der Waals surface area contributed by atoms with Gasteiger partial charge in [0.2, 0.25) is 0 Å². The number of amides is 1. The van der Waals surface area contributed by atoms with Crippen LogP contribution in [0.4, 0.5) is 0 Å². The number of hydrogen-bond donors (Lipinski definition) is 1. The molecule has 0 saturated carbocycles. The minimum Gasteiger partial charge on any atom is -0.344 e. The third-order valence-corrected chi connectivity index (χ3v) is 4.87. The molecule has 144 valence electrons. The van der Waals surface area contributed by atoms with Gasteiger partial charge in [0.05, 0.1) is 16.8 Å². The Bertz CT molecular complexity index is 1130. The molecular weight excluding hydrogens is 386 g/mol. The van der Waals surface area contributed by atoms with E-state index in [0.29, 0.717) is 16.4 Å². The molecule has 7 heteroatoms. The first kappa shape index (κ1) is 18.8. The first-order valence-corrected chi connectivity index (χ1v) is 9.50. The molecule has 0 aliphatic rings. The zero-order chi connectivity index (χ0) is 20.2. The van der Waals surface area contributed by atoms with Gasteiger partial charge in [-0.2, -0.15) is 0 Å². The lowest BCUT2D eigenvalue weighted by atomic mass is 10.1. The second kappa shape index (κ2) is 8.24. The van der Waals surface area contributed by atoms with E-state index in [4.69, 9.17) is 11.6 Å². The quantitative estimate of drug-likeness (QED) is 0.533. The van der Waals surface area contributed by atoms with E-state index in [-0.39, 0.29) is 17.6 Å². The van der Waals surface area contributed by atoms with Gasteiger partial charge in [0.1, 0.15) is 5.69 Å². The average Bonchev–Trinajstić information content (AvgIpc) is 3.20. The summed E-state index contributed by atoms with van der Waals surface area (Å²) in [5.74, 6) is -0.321. The van der Waals surface area contributed by atoms with Crippen molar-refractivity contribution in [2.24, 2.45) is 0 Å². The number of carbonyl (C=O) groups is 1. The number of halogens is 1. The molecule has 1 amide bonds. The van der Waals surface area contributed by atoms with Crippen LogP contribution in [0, 0.1) is 0 Å². The van der Waals surface area contributed by atoms with Gasteiger partial charge in [-0.15, -0.1) is 5.10 Å². The average molecular weight is 404 g/mol. The molecular formula is C22H18ClN5O. The van der Waals surface area contributed by atoms with Crippen LogP contribution in [0.3, 0.4) is 0 Å². The second-order valence-electron chi connectivity index (χ2n) is 6.50. The van der Waals surface area contributed by atoms with Gasteiger partial charge in [-0.25, -0.2) is 4.68 Å². The summed E-state index contributed by atoms with van der Waals surface area (Å²) in [6.07, 6.45) is 3.34. The third-order valence-electron chi connectivity index (χ3n) is 4.55. The molecule has 1 N–H and O–H groups in total. The van der Waals surface area contributed by atoms with Crippen molar-refractivity contribution in [3.63, 3.8) is 0 Å². The summed E-state index contributed by atoms with van der Waals surface area (Å²) in [5.41, 5.74) is 3.09. The smallest absolute Gasteiger partial charge is 0.274 e. The van der Waals surface area contributed by atoms with Crippen molar-refractivity contribution < 1.29 is 4.79 Å². The van der Waals surface area contributed by atoms with E-state index in [0.717, 1.165) is 11.1 Å². The Balaban J connectivity index is 1.76. The standard InChI is InChI=1S/C22H18ClN5O/c1-15(16-8-3-2-4-9-16)25-22(29)20-21(17-10-7-13-24-14-17)28(27-26-20)19-12-6-5-11-18(19)23/h2-15H,1H3,(H,25,29). The fourth-order valence-electron chi connectivity index (χ4n) is 3.08. The van der Waals surface area contributed by atoms with Crippen LogP contribution < -0.4 is 5.32 Å². The number of aromatic nitrogens is 4. The lowest BCUT2D eigenvalue weighted by Crippen LogP contribution is -2.27. The number of pyridine rings is 1. The van der Waals surface area contributed by atoms with Crippen LogP contribution in [0.1, 0.15) is 29.0 Å². The van der Waals surface area contributed by atoms with Crippen molar-refractivity contribution in [2.75, 3.05) is 0 Å². The Hall–Kier alpha value is -3.51. The van der Waals surface area contributed by atoms with Crippen LogP contribution in [0.25, 0.3) is 16.9 Å². The van der Waals surface area contributed by atoms with Crippen LogP contribution in [-0.2, 0) is 0 Å². The Morgan fingerprint density at radius 2 is 1.79 bits per heavy atom. The van der Waals surface area contributed by atoms with Gasteiger partial charge in [0.15, 0.2) is 5.69 Å². The predicted octanol–water partition coefficient (Wildman–Crippen LogP) is 4.47. The SMILES string of the molecule is CC(NC(=O)c1nnn(-c2ccccc2Cl)c1-c1cccnc1)c1ccccc1. The molecule has 1 unspecified atom stereocenters. The minimum absolute atomic E-state index is 0.184. The lowest BCUT2D eigenvalue weighted by molar-refractivity contribution is 0.0935. The summed E-state index contributed by atoms with van der Waals surface area (Å²) < 4.78 is 1.57. The van der Waals surface area contributed by atoms with Gasteiger partial charge >= 0.3 is 0 Å². The molecule has 0 bridgehead atoms. The highest BCUT2D eigenvalue weighted by molar-refractivity contribution is 6.32. The largest absolute Gasteiger partial charge is 0.344 e. The number of rotatable bonds is 5. The summed E-state index contributed by atoms with van der Waals surface area (Å²) in [6, 6.07) is 20.5. The second-order valence-corrected chi connectivity index (χ2v) is 6.90. The maximum atomic E-state index is 13.1. The van der Waals surface area contributed by atoms with E-state index in [9.17, 15) is 4.79 Å². The van der Waals surface area contributed by atoms with Crippen molar-refractivity contribution in [1.82, 2.24) is 25.3 Å². The zero-order valence-corrected chi connectivity index (χ0v) is 16.4. The number of para-hydroxylation sites is 1.